The van der Waals surface area contributed by atoms with E-state index in [0.717, 1.165) is 23.4 Å². The van der Waals surface area contributed by atoms with Crippen LogP contribution in [-0.2, 0) is 6.42 Å². The van der Waals surface area contributed by atoms with E-state index in [4.69, 9.17) is 5.73 Å². The zero-order valence-corrected chi connectivity index (χ0v) is 11.0. The predicted octanol–water partition coefficient (Wildman–Crippen LogP) is 2.55. The lowest BCUT2D eigenvalue weighted by Crippen LogP contribution is -2.20. The monoisotopic (exact) mass is 260 g/mol. The van der Waals surface area contributed by atoms with Crippen LogP contribution in [0.4, 0.5) is 16.2 Å². The molecule has 19 heavy (non-hydrogen) atoms. The van der Waals surface area contributed by atoms with Crippen LogP contribution in [0.2, 0.25) is 0 Å². The molecule has 0 saturated carbocycles. The molecule has 1 atom stereocenters. The third kappa shape index (κ3) is 3.64. The molecule has 0 spiro atoms. The smallest absolute Gasteiger partial charge is 0.221 e. The summed E-state index contributed by atoms with van der Waals surface area (Å²) in [5.74, 6) is 0.771. The first-order valence-electron chi connectivity index (χ1n) is 6.14. The molecule has 0 saturated heterocycles. The molecule has 5 heteroatoms. The van der Waals surface area contributed by atoms with Gasteiger partial charge in [0, 0.05) is 17.8 Å². The Balaban J connectivity index is 2.02. The maximum Gasteiger partial charge on any atom is 0.221 e. The summed E-state index contributed by atoms with van der Waals surface area (Å²) in [6, 6.07) is 6.67. The van der Waals surface area contributed by atoms with Crippen molar-refractivity contribution < 1.29 is 4.39 Å². The number of benzene rings is 1. The van der Waals surface area contributed by atoms with E-state index in [1.165, 1.54) is 12.1 Å². The summed E-state index contributed by atoms with van der Waals surface area (Å²) in [6.07, 6.45) is 2.47. The zero-order chi connectivity index (χ0) is 13.8. The van der Waals surface area contributed by atoms with Gasteiger partial charge < -0.3 is 11.1 Å². The highest BCUT2D eigenvalue weighted by molar-refractivity contribution is 5.46. The van der Waals surface area contributed by atoms with Crippen LogP contribution in [0.5, 0.6) is 0 Å². The number of halogens is 1. The topological polar surface area (TPSA) is 63.8 Å². The highest BCUT2D eigenvalue weighted by atomic mass is 19.1. The summed E-state index contributed by atoms with van der Waals surface area (Å²) in [4.78, 5) is 8.09. The van der Waals surface area contributed by atoms with Crippen molar-refractivity contribution in [3.63, 3.8) is 0 Å². The Morgan fingerprint density at radius 3 is 2.68 bits per heavy atom. The Kier molecular flexibility index (Phi) is 3.94. The van der Waals surface area contributed by atoms with E-state index >= 15 is 0 Å². The van der Waals surface area contributed by atoms with Gasteiger partial charge in [0.05, 0.1) is 0 Å². The lowest BCUT2D eigenvalue weighted by molar-refractivity contribution is 0.626. The molecule has 0 fully saturated rings. The molecule has 4 nitrogen and oxygen atoms in total. The van der Waals surface area contributed by atoms with Crippen LogP contribution in [0.1, 0.15) is 18.1 Å². The van der Waals surface area contributed by atoms with Gasteiger partial charge in [-0.05, 0) is 38.0 Å². The maximum atomic E-state index is 12.8. The molecule has 0 aliphatic rings. The van der Waals surface area contributed by atoms with Crippen molar-refractivity contribution in [2.24, 2.45) is 0 Å². The molecule has 1 unspecified atom stereocenters. The lowest BCUT2D eigenvalue weighted by atomic mass is 10.1. The van der Waals surface area contributed by atoms with Gasteiger partial charge in [-0.2, -0.15) is 4.98 Å². The fraction of sp³-hybridized carbons (Fsp3) is 0.286. The molecule has 1 heterocycles. The molecule has 0 amide bonds. The van der Waals surface area contributed by atoms with E-state index in [-0.39, 0.29) is 17.8 Å². The lowest BCUT2D eigenvalue weighted by Gasteiger charge is -2.16. The first kappa shape index (κ1) is 13.3. The third-order valence-electron chi connectivity index (χ3n) is 2.83. The van der Waals surface area contributed by atoms with Crippen molar-refractivity contribution in [2.45, 2.75) is 26.3 Å². The van der Waals surface area contributed by atoms with Crippen LogP contribution >= 0.6 is 0 Å². The molecule has 1 aromatic carbocycles. The van der Waals surface area contributed by atoms with E-state index in [1.807, 2.05) is 13.8 Å². The van der Waals surface area contributed by atoms with E-state index in [1.54, 1.807) is 18.3 Å². The van der Waals surface area contributed by atoms with Gasteiger partial charge in [-0.1, -0.05) is 12.1 Å². The number of hydrogen-bond donors (Lipinski definition) is 2. The third-order valence-corrected chi connectivity index (χ3v) is 2.83. The van der Waals surface area contributed by atoms with Crippen LogP contribution in [0, 0.1) is 12.7 Å². The molecule has 2 rings (SSSR count). The summed E-state index contributed by atoms with van der Waals surface area (Å²) in [7, 11) is 0. The number of hydrogen-bond acceptors (Lipinski definition) is 4. The van der Waals surface area contributed by atoms with E-state index in [9.17, 15) is 4.39 Å². The van der Waals surface area contributed by atoms with E-state index in [2.05, 4.69) is 15.3 Å². The van der Waals surface area contributed by atoms with Gasteiger partial charge in [-0.15, -0.1) is 0 Å². The molecule has 2 aromatic rings. The number of aromatic nitrogens is 2. The second-order valence-corrected chi connectivity index (χ2v) is 4.64. The molecule has 0 bridgehead atoms. The molecular weight excluding hydrogens is 243 g/mol. The Labute approximate surface area is 111 Å². The molecule has 0 radical (unpaired) electrons. The molecular formula is C14H17FN4. The quantitative estimate of drug-likeness (QED) is 0.886. The van der Waals surface area contributed by atoms with Crippen LogP contribution in [-0.4, -0.2) is 16.0 Å². The Morgan fingerprint density at radius 1 is 1.32 bits per heavy atom. The summed E-state index contributed by atoms with van der Waals surface area (Å²) in [5.41, 5.74) is 7.58. The minimum Gasteiger partial charge on any atom is -0.368 e. The standard InChI is InChI=1S/C14H17FN4/c1-9-8-17-14(16)19-13(9)18-10(2)7-11-3-5-12(15)6-4-11/h3-6,8,10H,7H2,1-2H3,(H3,16,17,18,19). The van der Waals surface area contributed by atoms with Gasteiger partial charge in [-0.25, -0.2) is 9.37 Å². The van der Waals surface area contributed by atoms with Gasteiger partial charge in [0.15, 0.2) is 0 Å². The average Bonchev–Trinajstić information content (AvgIpc) is 2.37. The Bertz CT molecular complexity index is 554. The summed E-state index contributed by atoms with van der Waals surface area (Å²) in [6.45, 7) is 3.97. The van der Waals surface area contributed by atoms with E-state index in [0.29, 0.717) is 0 Å². The second kappa shape index (κ2) is 5.65. The van der Waals surface area contributed by atoms with Crippen LogP contribution in [0.25, 0.3) is 0 Å². The highest BCUT2D eigenvalue weighted by Crippen LogP contribution is 2.14. The Hall–Kier alpha value is -2.17. The number of nitrogens with one attached hydrogen (secondary N) is 1. The number of nitrogens with zero attached hydrogens (tertiary/aromatic N) is 2. The maximum absolute atomic E-state index is 12.8. The van der Waals surface area contributed by atoms with Gasteiger partial charge in [-0.3, -0.25) is 0 Å². The van der Waals surface area contributed by atoms with Crippen molar-refractivity contribution in [2.75, 3.05) is 11.1 Å². The van der Waals surface area contributed by atoms with Gasteiger partial charge >= 0.3 is 0 Å². The van der Waals surface area contributed by atoms with Crippen molar-refractivity contribution in [1.29, 1.82) is 0 Å². The second-order valence-electron chi connectivity index (χ2n) is 4.64. The summed E-state index contributed by atoms with van der Waals surface area (Å²) < 4.78 is 12.8. The zero-order valence-electron chi connectivity index (χ0n) is 11.0. The van der Waals surface area contributed by atoms with Crippen molar-refractivity contribution >= 4 is 11.8 Å². The fourth-order valence-electron chi connectivity index (χ4n) is 1.86. The normalized spacial score (nSPS) is 12.2. The molecule has 1 aromatic heterocycles. The highest BCUT2D eigenvalue weighted by Gasteiger charge is 2.07. The minimum atomic E-state index is -0.219. The van der Waals surface area contributed by atoms with Crippen LogP contribution in [0.15, 0.2) is 30.5 Å². The average molecular weight is 260 g/mol. The van der Waals surface area contributed by atoms with Crippen LogP contribution in [0.3, 0.4) is 0 Å². The predicted molar refractivity (Wildman–Crippen MR) is 74.4 cm³/mol. The summed E-state index contributed by atoms with van der Waals surface area (Å²) in [5, 5.41) is 3.29. The van der Waals surface area contributed by atoms with Gasteiger partial charge in [0.1, 0.15) is 11.6 Å². The number of anilines is 2. The number of aryl methyl sites for hydroxylation is 1. The van der Waals surface area contributed by atoms with Gasteiger partial charge in [0.25, 0.3) is 0 Å². The molecule has 0 aliphatic carbocycles. The largest absolute Gasteiger partial charge is 0.368 e. The molecule has 100 valence electrons. The first-order chi connectivity index (χ1) is 9.04. The molecule has 3 N–H and O–H groups in total. The molecule has 0 aliphatic heterocycles. The van der Waals surface area contributed by atoms with Crippen molar-refractivity contribution in [3.8, 4) is 0 Å². The number of nitrogen functional groups attached to an aromatic ring is 1. The van der Waals surface area contributed by atoms with E-state index < -0.39 is 0 Å². The summed E-state index contributed by atoms with van der Waals surface area (Å²) >= 11 is 0. The van der Waals surface area contributed by atoms with Crippen molar-refractivity contribution in [3.05, 3.63) is 47.4 Å². The fourth-order valence-corrected chi connectivity index (χ4v) is 1.86. The number of rotatable bonds is 4. The Morgan fingerprint density at radius 2 is 2.00 bits per heavy atom. The van der Waals surface area contributed by atoms with Crippen molar-refractivity contribution in [1.82, 2.24) is 9.97 Å². The minimum absolute atomic E-state index is 0.165. The van der Waals surface area contributed by atoms with Gasteiger partial charge in [0.2, 0.25) is 5.95 Å². The SMILES string of the molecule is Cc1cnc(N)nc1NC(C)Cc1ccc(F)cc1. The number of nitrogens with two attached hydrogens (primary N) is 1. The van der Waals surface area contributed by atoms with Crippen LogP contribution < -0.4 is 11.1 Å². The first-order valence-corrected chi connectivity index (χ1v) is 6.14.